The first-order valence-corrected chi connectivity index (χ1v) is 5.17. The van der Waals surface area contributed by atoms with Gasteiger partial charge in [0.05, 0.1) is 6.54 Å². The molecule has 0 bridgehead atoms. The van der Waals surface area contributed by atoms with E-state index in [1.54, 1.807) is 19.0 Å². The van der Waals surface area contributed by atoms with E-state index in [4.69, 9.17) is 5.73 Å². The zero-order valence-corrected chi connectivity index (χ0v) is 9.56. The van der Waals surface area contributed by atoms with Gasteiger partial charge in [0.15, 0.2) is 11.7 Å². The van der Waals surface area contributed by atoms with Crippen LogP contribution in [-0.4, -0.2) is 29.9 Å². The second kappa shape index (κ2) is 4.69. The molecule has 1 heterocycles. The summed E-state index contributed by atoms with van der Waals surface area (Å²) in [7, 11) is 3.39. The van der Waals surface area contributed by atoms with E-state index in [2.05, 4.69) is 9.98 Å². The normalized spacial score (nSPS) is 12.9. The predicted octanol–water partition coefficient (Wildman–Crippen LogP) is 1.54. The van der Waals surface area contributed by atoms with Crippen LogP contribution in [0.5, 0.6) is 0 Å². The van der Waals surface area contributed by atoms with Gasteiger partial charge in [-0.2, -0.15) is 13.2 Å². The van der Waals surface area contributed by atoms with Gasteiger partial charge in [0, 0.05) is 19.5 Å². The third-order valence-corrected chi connectivity index (χ3v) is 2.51. The van der Waals surface area contributed by atoms with Crippen LogP contribution in [0.25, 0.3) is 0 Å². The van der Waals surface area contributed by atoms with Crippen molar-refractivity contribution in [2.45, 2.75) is 12.7 Å². The molecular formula is C8H11F3N4S. The summed E-state index contributed by atoms with van der Waals surface area (Å²) in [5.41, 5.74) is 4.60. The topological polar surface area (TPSA) is 54.5 Å². The molecule has 0 aliphatic heterocycles. The van der Waals surface area contributed by atoms with Crippen LogP contribution in [0, 0.1) is 0 Å². The molecule has 1 aromatic rings. The zero-order valence-electron chi connectivity index (χ0n) is 8.75. The van der Waals surface area contributed by atoms with Crippen molar-refractivity contribution in [3.8, 4) is 0 Å². The van der Waals surface area contributed by atoms with Crippen molar-refractivity contribution in [2.75, 3.05) is 14.1 Å². The van der Waals surface area contributed by atoms with Gasteiger partial charge in [0.1, 0.15) is 5.01 Å². The number of alkyl halides is 3. The molecule has 8 heteroatoms. The van der Waals surface area contributed by atoms with Gasteiger partial charge in [-0.25, -0.2) is 9.98 Å². The van der Waals surface area contributed by atoms with Crippen LogP contribution in [0.4, 0.5) is 13.2 Å². The Hall–Kier alpha value is -1.31. The number of hydrogen-bond donors (Lipinski definition) is 1. The van der Waals surface area contributed by atoms with Crippen LogP contribution < -0.4 is 5.73 Å². The van der Waals surface area contributed by atoms with E-state index in [0.717, 1.165) is 16.7 Å². The molecule has 90 valence electrons. The molecule has 2 N–H and O–H groups in total. The van der Waals surface area contributed by atoms with E-state index in [-0.39, 0.29) is 17.5 Å². The van der Waals surface area contributed by atoms with Crippen LogP contribution in [0.15, 0.2) is 10.4 Å². The summed E-state index contributed by atoms with van der Waals surface area (Å²) < 4.78 is 36.6. The Morgan fingerprint density at radius 2 is 2.19 bits per heavy atom. The highest BCUT2D eigenvalue weighted by Gasteiger charge is 2.33. The number of aromatic nitrogens is 1. The molecule has 16 heavy (non-hydrogen) atoms. The maximum Gasteiger partial charge on any atom is 0.434 e. The quantitative estimate of drug-likeness (QED) is 0.641. The fourth-order valence-electron chi connectivity index (χ4n) is 0.804. The standard InChI is InChI=1S/C8H11F3N4S/c1-15(2)7(12)13-3-6-14-5(4-16-6)8(9,10)11/h4H,3H2,1-2H3,(H2,12,13). The molecule has 0 aliphatic carbocycles. The van der Waals surface area contributed by atoms with Crippen molar-refractivity contribution in [3.63, 3.8) is 0 Å². The lowest BCUT2D eigenvalue weighted by Crippen LogP contribution is -2.30. The maximum atomic E-state index is 12.2. The second-order valence-corrected chi connectivity index (χ2v) is 4.14. The number of hydrogen-bond acceptors (Lipinski definition) is 3. The first kappa shape index (κ1) is 12.8. The summed E-state index contributed by atoms with van der Waals surface area (Å²) in [5.74, 6) is 0.253. The lowest BCUT2D eigenvalue weighted by molar-refractivity contribution is -0.140. The number of aliphatic imine (C=N–C) groups is 1. The molecule has 0 radical (unpaired) electrons. The second-order valence-electron chi connectivity index (χ2n) is 3.19. The molecule has 0 amide bonds. The Kier molecular flexibility index (Phi) is 3.74. The van der Waals surface area contributed by atoms with Crippen LogP contribution in [-0.2, 0) is 12.7 Å². The van der Waals surface area contributed by atoms with Gasteiger partial charge in [-0.15, -0.1) is 11.3 Å². The Bertz CT molecular complexity index is 383. The first-order chi connectivity index (χ1) is 7.30. The Balaban J connectivity index is 2.70. The fraction of sp³-hybridized carbons (Fsp3) is 0.500. The molecule has 0 fully saturated rings. The Morgan fingerprint density at radius 3 is 2.62 bits per heavy atom. The van der Waals surface area contributed by atoms with Crippen molar-refractivity contribution < 1.29 is 13.2 Å². The SMILES string of the molecule is CN(C)C(N)=NCc1nc(C(F)(F)F)cs1. The Morgan fingerprint density at radius 1 is 1.56 bits per heavy atom. The van der Waals surface area contributed by atoms with Crippen molar-refractivity contribution in [2.24, 2.45) is 10.7 Å². The number of guanidine groups is 1. The minimum atomic E-state index is -4.40. The van der Waals surface area contributed by atoms with Crippen LogP contribution >= 0.6 is 11.3 Å². The van der Waals surface area contributed by atoms with E-state index in [1.165, 1.54) is 0 Å². The number of rotatable bonds is 2. The minimum absolute atomic E-state index is 0.0603. The van der Waals surface area contributed by atoms with E-state index in [9.17, 15) is 13.2 Å². The summed E-state index contributed by atoms with van der Waals surface area (Å²) in [5, 5.41) is 1.26. The minimum Gasteiger partial charge on any atom is -0.370 e. The summed E-state index contributed by atoms with van der Waals surface area (Å²) in [6, 6.07) is 0. The molecular weight excluding hydrogens is 241 g/mol. The third-order valence-electron chi connectivity index (χ3n) is 1.68. The lowest BCUT2D eigenvalue weighted by Gasteiger charge is -2.09. The first-order valence-electron chi connectivity index (χ1n) is 4.29. The smallest absolute Gasteiger partial charge is 0.370 e. The predicted molar refractivity (Wildman–Crippen MR) is 56.1 cm³/mol. The van der Waals surface area contributed by atoms with Gasteiger partial charge in [-0.05, 0) is 0 Å². The van der Waals surface area contributed by atoms with Crippen molar-refractivity contribution >= 4 is 17.3 Å². The molecule has 0 spiro atoms. The summed E-state index contributed by atoms with van der Waals surface area (Å²) in [6.45, 7) is 0.0603. The summed E-state index contributed by atoms with van der Waals surface area (Å²) in [4.78, 5) is 8.88. The van der Waals surface area contributed by atoms with Gasteiger partial charge in [0.25, 0.3) is 0 Å². The van der Waals surface area contributed by atoms with Crippen molar-refractivity contribution in [1.29, 1.82) is 0 Å². The van der Waals surface area contributed by atoms with Gasteiger partial charge in [-0.1, -0.05) is 0 Å². The van der Waals surface area contributed by atoms with Gasteiger partial charge < -0.3 is 10.6 Å². The number of nitrogens with two attached hydrogens (primary N) is 1. The number of nitrogens with zero attached hydrogens (tertiary/aromatic N) is 3. The summed E-state index contributed by atoms with van der Waals surface area (Å²) >= 11 is 0.918. The molecule has 0 atom stereocenters. The fourth-order valence-corrected chi connectivity index (χ4v) is 1.53. The lowest BCUT2D eigenvalue weighted by atomic mass is 10.5. The van der Waals surface area contributed by atoms with Crippen molar-refractivity contribution in [3.05, 3.63) is 16.1 Å². The van der Waals surface area contributed by atoms with Gasteiger partial charge in [0.2, 0.25) is 0 Å². The average molecular weight is 252 g/mol. The zero-order chi connectivity index (χ0) is 12.3. The number of thiazole rings is 1. The van der Waals surface area contributed by atoms with E-state index in [1.807, 2.05) is 0 Å². The van der Waals surface area contributed by atoms with E-state index < -0.39 is 11.9 Å². The summed E-state index contributed by atoms with van der Waals surface area (Å²) in [6.07, 6.45) is -4.40. The van der Waals surface area contributed by atoms with Crippen molar-refractivity contribution in [1.82, 2.24) is 9.88 Å². The molecule has 0 saturated carbocycles. The van der Waals surface area contributed by atoms with Crippen LogP contribution in [0.2, 0.25) is 0 Å². The highest BCUT2D eigenvalue weighted by atomic mass is 32.1. The van der Waals surface area contributed by atoms with Crippen LogP contribution in [0.3, 0.4) is 0 Å². The largest absolute Gasteiger partial charge is 0.434 e. The highest BCUT2D eigenvalue weighted by Crippen LogP contribution is 2.30. The molecule has 0 aliphatic rings. The molecule has 0 aromatic carbocycles. The Labute approximate surface area is 94.6 Å². The third kappa shape index (κ3) is 3.37. The molecule has 1 rings (SSSR count). The molecule has 0 unspecified atom stereocenters. The van der Waals surface area contributed by atoms with E-state index in [0.29, 0.717) is 0 Å². The molecule has 0 saturated heterocycles. The molecule has 4 nitrogen and oxygen atoms in total. The van der Waals surface area contributed by atoms with E-state index >= 15 is 0 Å². The number of halogens is 3. The average Bonchev–Trinajstić information content (AvgIpc) is 2.61. The monoisotopic (exact) mass is 252 g/mol. The van der Waals surface area contributed by atoms with Gasteiger partial charge >= 0.3 is 6.18 Å². The van der Waals surface area contributed by atoms with Crippen LogP contribution in [0.1, 0.15) is 10.7 Å². The maximum absolute atomic E-state index is 12.2. The highest BCUT2D eigenvalue weighted by molar-refractivity contribution is 7.09. The molecule has 1 aromatic heterocycles. The van der Waals surface area contributed by atoms with Gasteiger partial charge in [-0.3, -0.25) is 0 Å².